The SMILES string of the molecule is Cn1cnc2c1c(=O)n(CC(=O)OCc1ccc(Br)cc1)c(=O)n2C. The molecule has 0 fully saturated rings. The number of rotatable bonds is 4. The van der Waals surface area contributed by atoms with Crippen molar-refractivity contribution in [2.24, 2.45) is 14.1 Å². The van der Waals surface area contributed by atoms with Gasteiger partial charge in [0, 0.05) is 18.6 Å². The van der Waals surface area contributed by atoms with Crippen molar-refractivity contribution in [2.45, 2.75) is 13.2 Å². The van der Waals surface area contributed by atoms with E-state index in [0.29, 0.717) is 0 Å². The molecule has 2 aromatic heterocycles. The van der Waals surface area contributed by atoms with E-state index >= 15 is 0 Å². The van der Waals surface area contributed by atoms with Gasteiger partial charge in [0.1, 0.15) is 13.2 Å². The summed E-state index contributed by atoms with van der Waals surface area (Å²) in [4.78, 5) is 40.9. The van der Waals surface area contributed by atoms with Gasteiger partial charge in [-0.1, -0.05) is 28.1 Å². The Hall–Kier alpha value is -2.68. The first kappa shape index (κ1) is 17.2. The van der Waals surface area contributed by atoms with Crippen LogP contribution in [0.3, 0.4) is 0 Å². The average Bonchev–Trinajstić information content (AvgIpc) is 2.98. The van der Waals surface area contributed by atoms with Gasteiger partial charge < -0.3 is 9.30 Å². The fourth-order valence-electron chi connectivity index (χ4n) is 2.45. The van der Waals surface area contributed by atoms with Crippen LogP contribution in [0.15, 0.2) is 44.7 Å². The van der Waals surface area contributed by atoms with E-state index in [2.05, 4.69) is 20.9 Å². The summed E-state index contributed by atoms with van der Waals surface area (Å²) in [6.45, 7) is -0.391. The van der Waals surface area contributed by atoms with Crippen LogP contribution in [0.5, 0.6) is 0 Å². The number of halogens is 1. The second-order valence-corrected chi connectivity index (χ2v) is 6.46. The van der Waals surface area contributed by atoms with Crippen LogP contribution < -0.4 is 11.2 Å². The molecule has 25 heavy (non-hydrogen) atoms. The molecule has 0 amide bonds. The highest BCUT2D eigenvalue weighted by Gasteiger charge is 2.17. The monoisotopic (exact) mass is 406 g/mol. The molecule has 0 N–H and O–H groups in total. The Morgan fingerprint density at radius 2 is 1.88 bits per heavy atom. The van der Waals surface area contributed by atoms with Gasteiger partial charge in [-0.3, -0.25) is 14.2 Å². The Bertz CT molecular complexity index is 1060. The topological polar surface area (TPSA) is 88.1 Å². The van der Waals surface area contributed by atoms with E-state index in [0.717, 1.165) is 14.6 Å². The van der Waals surface area contributed by atoms with Crippen LogP contribution in [-0.2, 0) is 36.8 Å². The summed E-state index contributed by atoms with van der Waals surface area (Å²) < 4.78 is 9.68. The Morgan fingerprint density at radius 1 is 1.20 bits per heavy atom. The Labute approximate surface area is 150 Å². The second kappa shape index (κ2) is 6.67. The Balaban J connectivity index is 1.84. The third-order valence-electron chi connectivity index (χ3n) is 3.80. The third kappa shape index (κ3) is 3.27. The van der Waals surface area contributed by atoms with E-state index in [1.807, 2.05) is 24.3 Å². The van der Waals surface area contributed by atoms with E-state index in [-0.39, 0.29) is 17.8 Å². The quantitative estimate of drug-likeness (QED) is 0.601. The first-order valence-electron chi connectivity index (χ1n) is 7.39. The average molecular weight is 407 g/mol. The van der Waals surface area contributed by atoms with Gasteiger partial charge in [-0.25, -0.2) is 14.3 Å². The lowest BCUT2D eigenvalue weighted by Crippen LogP contribution is -2.41. The summed E-state index contributed by atoms with van der Waals surface area (Å²) in [5, 5.41) is 0. The molecule has 0 saturated heterocycles. The highest BCUT2D eigenvalue weighted by Crippen LogP contribution is 2.11. The second-order valence-electron chi connectivity index (χ2n) is 5.55. The molecule has 0 atom stereocenters. The fraction of sp³-hybridized carbons (Fsp3) is 0.250. The number of imidazole rings is 1. The third-order valence-corrected chi connectivity index (χ3v) is 4.33. The maximum absolute atomic E-state index is 12.5. The number of hydrogen-bond donors (Lipinski definition) is 0. The van der Waals surface area contributed by atoms with Crippen molar-refractivity contribution in [1.82, 2.24) is 18.7 Å². The predicted octanol–water partition coefficient (Wildman–Crippen LogP) is 0.940. The van der Waals surface area contributed by atoms with Crippen molar-refractivity contribution in [1.29, 1.82) is 0 Å². The van der Waals surface area contributed by atoms with Gasteiger partial charge in [-0.2, -0.15) is 0 Å². The zero-order valence-corrected chi connectivity index (χ0v) is 15.2. The highest BCUT2D eigenvalue weighted by atomic mass is 79.9. The predicted molar refractivity (Wildman–Crippen MR) is 94.2 cm³/mol. The molecule has 0 saturated carbocycles. The van der Waals surface area contributed by atoms with E-state index in [1.54, 1.807) is 7.05 Å². The van der Waals surface area contributed by atoms with Crippen LogP contribution >= 0.6 is 15.9 Å². The summed E-state index contributed by atoms with van der Waals surface area (Å²) in [5.41, 5.74) is 0.147. The lowest BCUT2D eigenvalue weighted by Gasteiger charge is -2.09. The molecule has 0 radical (unpaired) electrons. The lowest BCUT2D eigenvalue weighted by molar-refractivity contribution is -0.145. The maximum Gasteiger partial charge on any atom is 0.333 e. The summed E-state index contributed by atoms with van der Waals surface area (Å²) >= 11 is 3.32. The van der Waals surface area contributed by atoms with E-state index in [4.69, 9.17) is 4.74 Å². The van der Waals surface area contributed by atoms with Crippen molar-refractivity contribution in [2.75, 3.05) is 0 Å². The van der Waals surface area contributed by atoms with Crippen molar-refractivity contribution >= 4 is 33.1 Å². The van der Waals surface area contributed by atoms with Gasteiger partial charge in [0.25, 0.3) is 5.56 Å². The molecule has 0 aliphatic carbocycles. The first-order chi connectivity index (χ1) is 11.9. The smallest absolute Gasteiger partial charge is 0.333 e. The molecule has 3 aromatic rings. The molecule has 0 unspecified atom stereocenters. The number of hydrogen-bond acceptors (Lipinski definition) is 5. The molecule has 9 heteroatoms. The molecule has 0 aliphatic heterocycles. The lowest BCUT2D eigenvalue weighted by atomic mass is 10.2. The van der Waals surface area contributed by atoms with Crippen LogP contribution in [0.4, 0.5) is 0 Å². The number of esters is 1. The highest BCUT2D eigenvalue weighted by molar-refractivity contribution is 9.10. The van der Waals surface area contributed by atoms with Gasteiger partial charge in [0.05, 0.1) is 6.33 Å². The standard InChI is InChI=1S/C16H15BrN4O4/c1-19-9-18-14-13(19)15(23)21(16(24)20(14)2)7-12(22)25-8-10-3-5-11(17)6-4-10/h3-6,9H,7-8H2,1-2H3. The number of ether oxygens (including phenoxy) is 1. The minimum absolute atomic E-state index is 0.0646. The van der Waals surface area contributed by atoms with Gasteiger partial charge in [-0.15, -0.1) is 0 Å². The zero-order chi connectivity index (χ0) is 18.1. The molecule has 130 valence electrons. The van der Waals surface area contributed by atoms with Crippen molar-refractivity contribution in [3.63, 3.8) is 0 Å². The minimum Gasteiger partial charge on any atom is -0.459 e. The number of aryl methyl sites for hydroxylation is 2. The molecule has 1 aromatic carbocycles. The number of benzene rings is 1. The fourth-order valence-corrected chi connectivity index (χ4v) is 2.72. The number of carbonyl (C=O) groups is 1. The van der Waals surface area contributed by atoms with Gasteiger partial charge in [0.15, 0.2) is 11.2 Å². The molecule has 0 aliphatic rings. The molecular weight excluding hydrogens is 392 g/mol. The van der Waals surface area contributed by atoms with E-state index < -0.39 is 23.8 Å². The number of nitrogens with zero attached hydrogens (tertiary/aromatic N) is 4. The largest absolute Gasteiger partial charge is 0.459 e. The summed E-state index contributed by atoms with van der Waals surface area (Å²) in [7, 11) is 3.15. The van der Waals surface area contributed by atoms with E-state index in [9.17, 15) is 14.4 Å². The molecule has 0 bridgehead atoms. The van der Waals surface area contributed by atoms with Crippen molar-refractivity contribution in [3.8, 4) is 0 Å². The number of aromatic nitrogens is 4. The van der Waals surface area contributed by atoms with Gasteiger partial charge >= 0.3 is 11.7 Å². The summed E-state index contributed by atoms with van der Waals surface area (Å²) in [6, 6.07) is 7.29. The van der Waals surface area contributed by atoms with Gasteiger partial charge in [0.2, 0.25) is 0 Å². The molecule has 8 nitrogen and oxygen atoms in total. The molecule has 2 heterocycles. The number of carbonyl (C=O) groups excluding carboxylic acids is 1. The molecule has 3 rings (SSSR count). The minimum atomic E-state index is -0.663. The van der Waals surface area contributed by atoms with Crippen LogP contribution in [-0.4, -0.2) is 24.7 Å². The van der Waals surface area contributed by atoms with Crippen LogP contribution in [0, 0.1) is 0 Å². The Kier molecular flexibility index (Phi) is 4.58. The summed E-state index contributed by atoms with van der Waals surface area (Å²) in [6.07, 6.45) is 1.45. The number of fused-ring (bicyclic) bond motifs is 1. The van der Waals surface area contributed by atoms with Gasteiger partial charge in [-0.05, 0) is 17.7 Å². The normalized spacial score (nSPS) is 11.0. The maximum atomic E-state index is 12.5. The Morgan fingerprint density at radius 3 is 2.56 bits per heavy atom. The first-order valence-corrected chi connectivity index (χ1v) is 8.18. The summed E-state index contributed by atoms with van der Waals surface area (Å²) in [5.74, 6) is -0.663. The zero-order valence-electron chi connectivity index (χ0n) is 13.6. The molecule has 0 spiro atoms. The van der Waals surface area contributed by atoms with E-state index in [1.165, 1.54) is 22.5 Å². The van der Waals surface area contributed by atoms with Crippen molar-refractivity contribution in [3.05, 3.63) is 61.5 Å². The van der Waals surface area contributed by atoms with Crippen LogP contribution in [0.25, 0.3) is 11.2 Å². The van der Waals surface area contributed by atoms with Crippen molar-refractivity contribution < 1.29 is 9.53 Å². The van der Waals surface area contributed by atoms with Crippen LogP contribution in [0.1, 0.15) is 5.56 Å². The van der Waals surface area contributed by atoms with Crippen LogP contribution in [0.2, 0.25) is 0 Å². The molecular formula is C16H15BrN4O4.